The van der Waals surface area contributed by atoms with Crippen molar-refractivity contribution in [1.29, 1.82) is 0 Å². The Morgan fingerprint density at radius 3 is 2.83 bits per heavy atom. The lowest BCUT2D eigenvalue weighted by molar-refractivity contribution is 0.0935. The Labute approximate surface area is 174 Å². The Kier molecular flexibility index (Phi) is 5.60. The van der Waals surface area contributed by atoms with E-state index in [1.807, 2.05) is 55.8 Å². The summed E-state index contributed by atoms with van der Waals surface area (Å²) in [6.45, 7) is 3.29. The summed E-state index contributed by atoms with van der Waals surface area (Å²) in [6, 6.07) is 15.9. The topological polar surface area (TPSA) is 68.2 Å². The molecule has 1 atom stereocenters. The number of aromatic nitrogens is 2. The van der Waals surface area contributed by atoms with Crippen LogP contribution in [-0.2, 0) is 19.0 Å². The first-order valence-electron chi connectivity index (χ1n) is 9.56. The van der Waals surface area contributed by atoms with Crippen molar-refractivity contribution in [2.24, 2.45) is 7.05 Å². The maximum Gasteiger partial charge on any atom is 0.252 e. The number of amides is 1. The molecule has 150 valence electrons. The minimum atomic E-state index is -0.443. The lowest BCUT2D eigenvalue weighted by Gasteiger charge is -2.26. The monoisotopic (exact) mass is 408 g/mol. The van der Waals surface area contributed by atoms with Gasteiger partial charge < -0.3 is 10.1 Å². The van der Waals surface area contributed by atoms with Gasteiger partial charge in [-0.3, -0.25) is 14.2 Å². The standard InChI is InChI=1S/C22H24N4O2S/c1-22(13-16-6-4-3-5-7-16)20-12-17(8-9-19(20)21(27)25-22)28-11-10-24-29-18-14-23-26(2)15-18/h3-9,12,14-15,24H,10-11,13H2,1-2H3,(H,25,27). The molecule has 3 aromatic rings. The van der Waals surface area contributed by atoms with Crippen molar-refractivity contribution in [2.75, 3.05) is 13.2 Å². The van der Waals surface area contributed by atoms with E-state index in [1.165, 1.54) is 17.5 Å². The van der Waals surface area contributed by atoms with E-state index in [4.69, 9.17) is 4.74 Å². The first-order chi connectivity index (χ1) is 14.0. The van der Waals surface area contributed by atoms with E-state index in [9.17, 15) is 4.79 Å². The quantitative estimate of drug-likeness (QED) is 0.442. The number of benzene rings is 2. The largest absolute Gasteiger partial charge is 0.492 e. The summed E-state index contributed by atoms with van der Waals surface area (Å²) >= 11 is 1.53. The van der Waals surface area contributed by atoms with Gasteiger partial charge in [-0.2, -0.15) is 5.10 Å². The number of aryl methyl sites for hydroxylation is 1. The lowest BCUT2D eigenvalue weighted by atomic mass is 9.86. The van der Waals surface area contributed by atoms with Crippen molar-refractivity contribution in [3.63, 3.8) is 0 Å². The normalized spacial score (nSPS) is 17.8. The second kappa shape index (κ2) is 8.31. The van der Waals surface area contributed by atoms with E-state index < -0.39 is 5.54 Å². The van der Waals surface area contributed by atoms with Gasteiger partial charge in [0.1, 0.15) is 12.4 Å². The molecular formula is C22H24N4O2S. The van der Waals surface area contributed by atoms with Gasteiger partial charge in [0.25, 0.3) is 5.91 Å². The SMILES string of the molecule is Cn1cc(SNCCOc2ccc3c(c2)C(C)(Cc2ccccc2)NC3=O)cn1. The van der Waals surface area contributed by atoms with Crippen LogP contribution in [0.5, 0.6) is 5.75 Å². The highest BCUT2D eigenvalue weighted by Gasteiger charge is 2.39. The summed E-state index contributed by atoms with van der Waals surface area (Å²) in [7, 11) is 1.90. The minimum Gasteiger partial charge on any atom is -0.492 e. The Morgan fingerprint density at radius 2 is 2.07 bits per heavy atom. The molecule has 4 rings (SSSR count). The Morgan fingerprint density at radius 1 is 1.24 bits per heavy atom. The van der Waals surface area contributed by atoms with Crippen molar-refractivity contribution in [3.8, 4) is 5.75 Å². The average molecular weight is 409 g/mol. The van der Waals surface area contributed by atoms with Gasteiger partial charge >= 0.3 is 0 Å². The fourth-order valence-electron chi connectivity index (χ4n) is 3.59. The number of ether oxygens (including phenoxy) is 1. The molecule has 1 aliphatic rings. The van der Waals surface area contributed by atoms with E-state index >= 15 is 0 Å². The van der Waals surface area contributed by atoms with Gasteiger partial charge in [0.05, 0.1) is 16.6 Å². The van der Waals surface area contributed by atoms with Crippen LogP contribution in [0.3, 0.4) is 0 Å². The predicted molar refractivity (Wildman–Crippen MR) is 114 cm³/mol. The van der Waals surface area contributed by atoms with Gasteiger partial charge in [0.15, 0.2) is 0 Å². The molecule has 2 heterocycles. The second-order valence-electron chi connectivity index (χ2n) is 7.35. The maximum absolute atomic E-state index is 12.4. The van der Waals surface area contributed by atoms with Crippen LogP contribution in [0, 0.1) is 0 Å². The van der Waals surface area contributed by atoms with Gasteiger partial charge in [-0.15, -0.1) is 0 Å². The minimum absolute atomic E-state index is 0.0282. The van der Waals surface area contributed by atoms with Crippen LogP contribution in [-0.4, -0.2) is 28.8 Å². The molecule has 0 saturated heterocycles. The molecule has 0 fully saturated rings. The maximum atomic E-state index is 12.4. The van der Waals surface area contributed by atoms with Crippen LogP contribution in [0.1, 0.15) is 28.4 Å². The van der Waals surface area contributed by atoms with Gasteiger partial charge in [-0.05, 0) is 54.6 Å². The molecule has 7 heteroatoms. The molecule has 0 bridgehead atoms. The van der Waals surface area contributed by atoms with Crippen LogP contribution < -0.4 is 14.8 Å². The van der Waals surface area contributed by atoms with Gasteiger partial charge in [-0.1, -0.05) is 30.3 Å². The number of nitrogens with zero attached hydrogens (tertiary/aromatic N) is 2. The highest BCUT2D eigenvalue weighted by molar-refractivity contribution is 7.97. The number of carbonyl (C=O) groups is 1. The molecule has 0 saturated carbocycles. The predicted octanol–water partition coefficient (Wildman–Crippen LogP) is 3.30. The summed E-state index contributed by atoms with van der Waals surface area (Å²) in [4.78, 5) is 13.5. The third-order valence-corrected chi connectivity index (χ3v) is 5.76. The van der Waals surface area contributed by atoms with Crippen molar-refractivity contribution in [3.05, 3.63) is 77.6 Å². The van der Waals surface area contributed by atoms with E-state index in [1.54, 1.807) is 4.68 Å². The van der Waals surface area contributed by atoms with E-state index in [2.05, 4.69) is 34.2 Å². The molecular weight excluding hydrogens is 384 g/mol. The Hall–Kier alpha value is -2.77. The first-order valence-corrected chi connectivity index (χ1v) is 10.4. The Balaban J connectivity index is 1.38. The fourth-order valence-corrected chi connectivity index (χ4v) is 4.25. The summed E-state index contributed by atoms with van der Waals surface area (Å²) in [6.07, 6.45) is 4.51. The molecule has 0 radical (unpaired) electrons. The highest BCUT2D eigenvalue weighted by Crippen LogP contribution is 2.36. The third-order valence-electron chi connectivity index (χ3n) is 4.96. The molecule has 1 unspecified atom stereocenters. The zero-order valence-corrected chi connectivity index (χ0v) is 17.3. The lowest BCUT2D eigenvalue weighted by Crippen LogP contribution is -2.38. The zero-order chi connectivity index (χ0) is 20.3. The summed E-state index contributed by atoms with van der Waals surface area (Å²) in [5, 5.41) is 7.29. The van der Waals surface area contributed by atoms with Gasteiger partial charge in [-0.25, -0.2) is 0 Å². The van der Waals surface area contributed by atoms with Gasteiger partial charge in [0.2, 0.25) is 0 Å². The molecule has 2 aromatic carbocycles. The van der Waals surface area contributed by atoms with Crippen molar-refractivity contribution in [2.45, 2.75) is 23.8 Å². The molecule has 1 aromatic heterocycles. The fraction of sp³-hybridized carbons (Fsp3) is 0.273. The summed E-state index contributed by atoms with van der Waals surface area (Å²) < 4.78 is 11.0. The third kappa shape index (κ3) is 4.46. The molecule has 0 aliphatic carbocycles. The van der Waals surface area contributed by atoms with Crippen LogP contribution in [0.4, 0.5) is 0 Å². The molecule has 0 spiro atoms. The van der Waals surface area contributed by atoms with Crippen LogP contribution in [0.25, 0.3) is 0 Å². The number of fused-ring (bicyclic) bond motifs is 1. The molecule has 1 amide bonds. The van der Waals surface area contributed by atoms with E-state index in [-0.39, 0.29) is 5.91 Å². The van der Waals surface area contributed by atoms with E-state index in [0.29, 0.717) is 13.2 Å². The summed E-state index contributed by atoms with van der Waals surface area (Å²) in [5.74, 6) is 0.743. The van der Waals surface area contributed by atoms with Crippen LogP contribution in [0.2, 0.25) is 0 Å². The molecule has 6 nitrogen and oxygen atoms in total. The first kappa shape index (κ1) is 19.5. The Bertz CT molecular complexity index is 1010. The van der Waals surface area contributed by atoms with E-state index in [0.717, 1.165) is 28.2 Å². The number of hydrogen-bond acceptors (Lipinski definition) is 5. The number of carbonyl (C=O) groups excluding carboxylic acids is 1. The number of hydrogen-bond donors (Lipinski definition) is 2. The number of rotatable bonds is 8. The van der Waals surface area contributed by atoms with Crippen LogP contribution in [0.15, 0.2) is 65.8 Å². The van der Waals surface area contributed by atoms with Gasteiger partial charge in [0, 0.05) is 25.4 Å². The summed E-state index contributed by atoms with van der Waals surface area (Å²) in [5.41, 5.74) is 2.45. The van der Waals surface area contributed by atoms with Crippen molar-refractivity contribution < 1.29 is 9.53 Å². The van der Waals surface area contributed by atoms with Crippen molar-refractivity contribution >= 4 is 17.9 Å². The second-order valence-corrected chi connectivity index (χ2v) is 8.31. The van der Waals surface area contributed by atoms with Crippen LogP contribution >= 0.6 is 11.9 Å². The highest BCUT2D eigenvalue weighted by atomic mass is 32.2. The molecule has 29 heavy (non-hydrogen) atoms. The average Bonchev–Trinajstić information content (AvgIpc) is 3.23. The zero-order valence-electron chi connectivity index (χ0n) is 16.5. The van der Waals surface area contributed by atoms with Crippen molar-refractivity contribution in [1.82, 2.24) is 19.8 Å². The smallest absolute Gasteiger partial charge is 0.252 e. The molecule has 2 N–H and O–H groups in total. The molecule has 1 aliphatic heterocycles. The number of nitrogens with one attached hydrogen (secondary N) is 2.